The monoisotopic (exact) mass is 393 g/mol. The number of para-hydroxylation sites is 2. The number of hydrogen-bond donors (Lipinski definition) is 1. The molecule has 1 aromatic heterocycles. The molecule has 1 aliphatic rings. The van der Waals surface area contributed by atoms with Crippen LogP contribution in [-0.4, -0.2) is 47.7 Å². The quantitative estimate of drug-likeness (QED) is 0.664. The zero-order chi connectivity index (χ0) is 20.2. The molecule has 0 aliphatic carbocycles. The van der Waals surface area contributed by atoms with E-state index in [9.17, 15) is 4.79 Å². The summed E-state index contributed by atoms with van der Waals surface area (Å²) in [6, 6.07) is 15.5. The summed E-state index contributed by atoms with van der Waals surface area (Å²) in [5.41, 5.74) is 1.92. The van der Waals surface area contributed by atoms with Crippen molar-refractivity contribution in [2.75, 3.05) is 31.6 Å². The maximum absolute atomic E-state index is 12.6. The van der Waals surface area contributed by atoms with E-state index in [-0.39, 0.29) is 12.5 Å². The lowest BCUT2D eigenvalue weighted by Crippen LogP contribution is -2.40. The van der Waals surface area contributed by atoms with Gasteiger partial charge in [-0.2, -0.15) is 0 Å². The van der Waals surface area contributed by atoms with E-state index in [2.05, 4.69) is 47.0 Å². The number of benzene rings is 2. The van der Waals surface area contributed by atoms with Crippen molar-refractivity contribution in [1.82, 2.24) is 9.47 Å². The fourth-order valence-electron chi connectivity index (χ4n) is 3.63. The van der Waals surface area contributed by atoms with Crippen molar-refractivity contribution < 1.29 is 14.3 Å². The third kappa shape index (κ3) is 4.22. The summed E-state index contributed by atoms with van der Waals surface area (Å²) in [4.78, 5) is 15.0. The molecular formula is C23H27N3O3. The molecule has 0 saturated heterocycles. The molecule has 6 nitrogen and oxygen atoms in total. The molecule has 1 N–H and O–H groups in total. The van der Waals surface area contributed by atoms with Crippen LogP contribution in [0.5, 0.6) is 11.5 Å². The highest BCUT2D eigenvalue weighted by molar-refractivity contribution is 5.97. The number of fused-ring (bicyclic) bond motifs is 2. The Bertz CT molecular complexity index is 994. The van der Waals surface area contributed by atoms with Gasteiger partial charge in [-0.05, 0) is 49.5 Å². The molecule has 1 unspecified atom stereocenters. The predicted octanol–water partition coefficient (Wildman–Crippen LogP) is 3.76. The summed E-state index contributed by atoms with van der Waals surface area (Å²) in [6.45, 7) is 8.66. The van der Waals surface area contributed by atoms with E-state index >= 15 is 0 Å². The smallest absolute Gasteiger partial charge is 0.269 e. The van der Waals surface area contributed by atoms with Crippen LogP contribution in [0.15, 0.2) is 54.7 Å². The van der Waals surface area contributed by atoms with Crippen LogP contribution in [-0.2, 0) is 11.3 Å². The predicted molar refractivity (Wildman–Crippen MR) is 115 cm³/mol. The first-order valence-electron chi connectivity index (χ1n) is 10.2. The molecule has 0 saturated carbocycles. The Kier molecular flexibility index (Phi) is 5.71. The summed E-state index contributed by atoms with van der Waals surface area (Å²) in [5.74, 6) is 1.06. The number of nitrogens with one attached hydrogen (secondary N) is 1. The van der Waals surface area contributed by atoms with Gasteiger partial charge >= 0.3 is 0 Å². The number of amides is 1. The lowest BCUT2D eigenvalue weighted by molar-refractivity contribution is -0.125. The third-order valence-electron chi connectivity index (χ3n) is 5.39. The lowest BCUT2D eigenvalue weighted by atomic mass is 10.2. The number of nitrogens with zero attached hydrogens (tertiary/aromatic N) is 2. The summed E-state index contributed by atoms with van der Waals surface area (Å²) < 4.78 is 13.7. The van der Waals surface area contributed by atoms with Crippen molar-refractivity contribution in [3.63, 3.8) is 0 Å². The molecule has 2 aromatic carbocycles. The van der Waals surface area contributed by atoms with Crippen molar-refractivity contribution in [2.24, 2.45) is 0 Å². The van der Waals surface area contributed by atoms with Crippen molar-refractivity contribution in [2.45, 2.75) is 26.5 Å². The minimum atomic E-state index is -0.667. The molecule has 0 fully saturated rings. The van der Waals surface area contributed by atoms with Gasteiger partial charge in [-0.1, -0.05) is 26.0 Å². The second kappa shape index (κ2) is 8.57. The van der Waals surface area contributed by atoms with Crippen LogP contribution >= 0.6 is 0 Å². The Morgan fingerprint density at radius 3 is 2.72 bits per heavy atom. The Balaban J connectivity index is 1.42. The van der Waals surface area contributed by atoms with Crippen molar-refractivity contribution in [3.05, 3.63) is 54.7 Å². The zero-order valence-electron chi connectivity index (χ0n) is 16.9. The van der Waals surface area contributed by atoms with E-state index in [0.717, 1.165) is 37.3 Å². The maximum atomic E-state index is 12.6. The minimum absolute atomic E-state index is 0.201. The van der Waals surface area contributed by atoms with Crippen LogP contribution < -0.4 is 14.8 Å². The fourth-order valence-corrected chi connectivity index (χ4v) is 3.63. The maximum Gasteiger partial charge on any atom is 0.269 e. The van der Waals surface area contributed by atoms with Crippen LogP contribution in [0.3, 0.4) is 0 Å². The average molecular weight is 393 g/mol. The van der Waals surface area contributed by atoms with Crippen LogP contribution in [0.2, 0.25) is 0 Å². The first-order valence-corrected chi connectivity index (χ1v) is 10.2. The van der Waals surface area contributed by atoms with Gasteiger partial charge in [0.25, 0.3) is 5.91 Å². The Hall–Kier alpha value is -2.99. The number of aromatic nitrogens is 1. The largest absolute Gasteiger partial charge is 0.485 e. The van der Waals surface area contributed by atoms with Gasteiger partial charge in [0, 0.05) is 35.9 Å². The van der Waals surface area contributed by atoms with E-state index in [1.165, 1.54) is 5.52 Å². The second-order valence-electron chi connectivity index (χ2n) is 7.16. The van der Waals surface area contributed by atoms with Gasteiger partial charge in [-0.3, -0.25) is 4.79 Å². The van der Waals surface area contributed by atoms with Crippen LogP contribution in [0.25, 0.3) is 10.9 Å². The molecule has 0 bridgehead atoms. The Morgan fingerprint density at radius 1 is 1.14 bits per heavy atom. The molecule has 2 heterocycles. The average Bonchev–Trinajstić information content (AvgIpc) is 3.16. The van der Waals surface area contributed by atoms with Gasteiger partial charge in [0.05, 0.1) is 0 Å². The molecule has 29 heavy (non-hydrogen) atoms. The highest BCUT2D eigenvalue weighted by Gasteiger charge is 2.27. The molecule has 1 aliphatic heterocycles. The molecule has 6 heteroatoms. The number of rotatable bonds is 7. The summed E-state index contributed by atoms with van der Waals surface area (Å²) in [5, 5.41) is 4.06. The van der Waals surface area contributed by atoms with Gasteiger partial charge in [0.1, 0.15) is 6.61 Å². The number of anilines is 1. The van der Waals surface area contributed by atoms with Gasteiger partial charge in [0.2, 0.25) is 6.10 Å². The first-order chi connectivity index (χ1) is 14.2. The first kappa shape index (κ1) is 19.3. The van der Waals surface area contributed by atoms with E-state index < -0.39 is 6.10 Å². The highest BCUT2D eigenvalue weighted by Crippen LogP contribution is 2.31. The Morgan fingerprint density at radius 2 is 1.93 bits per heavy atom. The van der Waals surface area contributed by atoms with E-state index in [1.807, 2.05) is 36.4 Å². The fraction of sp³-hybridized carbons (Fsp3) is 0.348. The summed E-state index contributed by atoms with van der Waals surface area (Å²) in [7, 11) is 0. The molecular weight excluding hydrogens is 366 g/mol. The van der Waals surface area contributed by atoms with Crippen molar-refractivity contribution >= 4 is 22.5 Å². The minimum Gasteiger partial charge on any atom is -0.485 e. The van der Waals surface area contributed by atoms with Gasteiger partial charge in [-0.15, -0.1) is 0 Å². The van der Waals surface area contributed by atoms with Crippen molar-refractivity contribution in [1.29, 1.82) is 0 Å². The molecule has 3 aromatic rings. The van der Waals surface area contributed by atoms with E-state index in [0.29, 0.717) is 11.5 Å². The Labute approximate surface area is 171 Å². The number of carbonyl (C=O) groups excluding carboxylic acids is 1. The van der Waals surface area contributed by atoms with E-state index in [1.54, 1.807) is 0 Å². The van der Waals surface area contributed by atoms with Gasteiger partial charge < -0.3 is 24.3 Å². The molecule has 1 amide bonds. The van der Waals surface area contributed by atoms with Crippen LogP contribution in [0.1, 0.15) is 13.8 Å². The normalized spacial score (nSPS) is 15.6. The van der Waals surface area contributed by atoms with Crippen molar-refractivity contribution in [3.8, 4) is 11.5 Å². The summed E-state index contributed by atoms with van der Waals surface area (Å²) >= 11 is 0. The molecule has 1 atom stereocenters. The number of carbonyl (C=O) groups is 1. The number of likely N-dealkylation sites (N-methyl/N-ethyl adjacent to an activating group) is 1. The van der Waals surface area contributed by atoms with Gasteiger partial charge in [0.15, 0.2) is 11.5 Å². The third-order valence-corrected chi connectivity index (χ3v) is 5.39. The van der Waals surface area contributed by atoms with E-state index in [4.69, 9.17) is 9.47 Å². The topological polar surface area (TPSA) is 55.7 Å². The SMILES string of the molecule is CCN(CC)CCn1ccc2cc(NC(=O)C3COc4ccccc4O3)ccc21. The van der Waals surface area contributed by atoms with Gasteiger partial charge in [-0.25, -0.2) is 0 Å². The lowest BCUT2D eigenvalue weighted by Gasteiger charge is -2.25. The van der Waals surface area contributed by atoms with Crippen LogP contribution in [0.4, 0.5) is 5.69 Å². The summed E-state index contributed by atoms with van der Waals surface area (Å²) in [6.07, 6.45) is 1.44. The second-order valence-corrected chi connectivity index (χ2v) is 7.16. The zero-order valence-corrected chi connectivity index (χ0v) is 16.9. The highest BCUT2D eigenvalue weighted by atomic mass is 16.6. The number of hydrogen-bond acceptors (Lipinski definition) is 4. The molecule has 152 valence electrons. The standard InChI is InChI=1S/C23H27N3O3/c1-3-25(4-2)13-14-26-12-11-17-15-18(9-10-19(17)26)24-23(27)22-16-28-20-7-5-6-8-21(20)29-22/h5-12,15,22H,3-4,13-14,16H2,1-2H3,(H,24,27). The molecule has 0 spiro atoms. The molecule has 4 rings (SSSR count). The number of ether oxygens (including phenoxy) is 2. The molecule has 0 radical (unpaired) electrons. The van der Waals surface area contributed by atoms with Crippen LogP contribution in [0, 0.1) is 0 Å².